The van der Waals surface area contributed by atoms with Crippen molar-refractivity contribution in [3.8, 4) is 17.6 Å². The molecule has 1 unspecified atom stereocenters. The lowest BCUT2D eigenvalue weighted by Crippen LogP contribution is -1.97. The molecule has 2 aromatic rings. The summed E-state index contributed by atoms with van der Waals surface area (Å²) in [6, 6.07) is 11.7. The second-order valence-corrected chi connectivity index (χ2v) is 4.43. The molecule has 1 aromatic carbocycles. The molecule has 0 aliphatic heterocycles. The van der Waals surface area contributed by atoms with Gasteiger partial charge in [0.05, 0.1) is 11.8 Å². The van der Waals surface area contributed by atoms with Crippen molar-refractivity contribution in [3.05, 3.63) is 53.9 Å². The molecule has 0 spiro atoms. The third-order valence-electron chi connectivity index (χ3n) is 3.19. The van der Waals surface area contributed by atoms with Crippen LogP contribution in [0.15, 0.2) is 42.7 Å². The molecule has 0 saturated carbocycles. The van der Waals surface area contributed by atoms with Gasteiger partial charge in [-0.1, -0.05) is 32.0 Å². The molecule has 1 heterocycles. The molecule has 3 heteroatoms. The van der Waals surface area contributed by atoms with Crippen molar-refractivity contribution in [2.45, 2.75) is 26.2 Å². The summed E-state index contributed by atoms with van der Waals surface area (Å²) in [5.74, 6) is 1.71. The number of benzene rings is 1. The monoisotopic (exact) mass is 252 g/mol. The predicted molar refractivity (Wildman–Crippen MR) is 74.2 cm³/mol. The lowest BCUT2D eigenvalue weighted by atomic mass is 9.98. The first-order chi connectivity index (χ1) is 9.26. The summed E-state index contributed by atoms with van der Waals surface area (Å²) < 4.78 is 5.87. The number of ether oxygens (including phenoxy) is 1. The number of pyridine rings is 1. The lowest BCUT2D eigenvalue weighted by molar-refractivity contribution is 0.466. The Morgan fingerprint density at radius 2 is 2.05 bits per heavy atom. The Hall–Kier alpha value is -2.34. The minimum absolute atomic E-state index is 0.415. The Labute approximate surface area is 113 Å². The molecule has 0 saturated heterocycles. The Balaban J connectivity index is 2.36. The molecule has 0 amide bonds. The molecule has 19 heavy (non-hydrogen) atoms. The van der Waals surface area contributed by atoms with E-state index in [0.29, 0.717) is 17.2 Å². The Bertz CT molecular complexity index is 602. The number of nitriles is 1. The topological polar surface area (TPSA) is 45.9 Å². The maximum absolute atomic E-state index is 9.06. The van der Waals surface area contributed by atoms with Crippen LogP contribution in [0.2, 0.25) is 0 Å². The zero-order valence-corrected chi connectivity index (χ0v) is 11.1. The van der Waals surface area contributed by atoms with Crippen molar-refractivity contribution in [2.24, 2.45) is 0 Å². The molecule has 0 bridgehead atoms. The summed E-state index contributed by atoms with van der Waals surface area (Å²) in [6.45, 7) is 4.31. The van der Waals surface area contributed by atoms with Crippen molar-refractivity contribution in [3.63, 3.8) is 0 Å². The summed E-state index contributed by atoms with van der Waals surface area (Å²) in [6.07, 6.45) is 4.20. The van der Waals surface area contributed by atoms with Crippen LogP contribution in [-0.2, 0) is 0 Å². The first kappa shape index (κ1) is 13.1. The SMILES string of the molecule is CCC(C)c1ccccc1Oc1cnccc1C#N. The van der Waals surface area contributed by atoms with Gasteiger partial charge in [-0.05, 0) is 30.0 Å². The molecule has 3 nitrogen and oxygen atoms in total. The Morgan fingerprint density at radius 1 is 1.26 bits per heavy atom. The fourth-order valence-corrected chi connectivity index (χ4v) is 1.87. The zero-order valence-electron chi connectivity index (χ0n) is 11.1. The third-order valence-corrected chi connectivity index (χ3v) is 3.19. The Kier molecular flexibility index (Phi) is 4.15. The van der Waals surface area contributed by atoms with Crippen LogP contribution >= 0.6 is 0 Å². The summed E-state index contributed by atoms with van der Waals surface area (Å²) in [5, 5.41) is 9.06. The molecule has 0 N–H and O–H groups in total. The van der Waals surface area contributed by atoms with Crippen molar-refractivity contribution in [1.29, 1.82) is 5.26 Å². The highest BCUT2D eigenvalue weighted by atomic mass is 16.5. The normalized spacial score (nSPS) is 11.6. The van der Waals surface area contributed by atoms with Gasteiger partial charge in [0.2, 0.25) is 0 Å². The van der Waals surface area contributed by atoms with E-state index < -0.39 is 0 Å². The molecule has 1 atom stereocenters. The van der Waals surface area contributed by atoms with E-state index in [0.717, 1.165) is 17.7 Å². The second kappa shape index (κ2) is 6.01. The number of para-hydroxylation sites is 1. The van der Waals surface area contributed by atoms with E-state index in [1.807, 2.05) is 18.2 Å². The van der Waals surface area contributed by atoms with Gasteiger partial charge in [-0.15, -0.1) is 0 Å². The summed E-state index contributed by atoms with van der Waals surface area (Å²) >= 11 is 0. The quantitative estimate of drug-likeness (QED) is 0.816. The first-order valence-corrected chi connectivity index (χ1v) is 6.37. The van der Waals surface area contributed by atoms with E-state index in [2.05, 4.69) is 31.0 Å². The number of aromatic nitrogens is 1. The number of hydrogen-bond donors (Lipinski definition) is 0. The van der Waals surface area contributed by atoms with Gasteiger partial charge in [0, 0.05) is 6.20 Å². The van der Waals surface area contributed by atoms with Crippen molar-refractivity contribution in [1.82, 2.24) is 4.98 Å². The zero-order chi connectivity index (χ0) is 13.7. The Morgan fingerprint density at radius 3 is 2.79 bits per heavy atom. The van der Waals surface area contributed by atoms with Crippen LogP contribution in [0.4, 0.5) is 0 Å². The number of nitrogens with zero attached hydrogens (tertiary/aromatic N) is 2. The maximum atomic E-state index is 9.06. The fraction of sp³-hybridized carbons (Fsp3) is 0.250. The highest BCUT2D eigenvalue weighted by molar-refractivity contribution is 5.45. The van der Waals surface area contributed by atoms with Gasteiger partial charge >= 0.3 is 0 Å². The van der Waals surface area contributed by atoms with Gasteiger partial charge in [0.25, 0.3) is 0 Å². The van der Waals surface area contributed by atoms with Crippen LogP contribution in [0.5, 0.6) is 11.5 Å². The van der Waals surface area contributed by atoms with Crippen molar-refractivity contribution >= 4 is 0 Å². The fourth-order valence-electron chi connectivity index (χ4n) is 1.87. The van der Waals surface area contributed by atoms with Gasteiger partial charge in [-0.3, -0.25) is 4.98 Å². The van der Waals surface area contributed by atoms with E-state index in [1.54, 1.807) is 18.5 Å². The lowest BCUT2D eigenvalue weighted by Gasteiger charge is -2.15. The smallest absolute Gasteiger partial charge is 0.163 e. The highest BCUT2D eigenvalue weighted by Gasteiger charge is 2.12. The molecule has 2 rings (SSSR count). The second-order valence-electron chi connectivity index (χ2n) is 4.43. The van der Waals surface area contributed by atoms with Crippen molar-refractivity contribution < 1.29 is 4.74 Å². The molecule has 0 radical (unpaired) electrons. The third kappa shape index (κ3) is 2.92. The summed E-state index contributed by atoms with van der Waals surface area (Å²) in [4.78, 5) is 4.01. The van der Waals surface area contributed by atoms with Crippen LogP contribution in [0, 0.1) is 11.3 Å². The van der Waals surface area contributed by atoms with Crippen LogP contribution in [0.25, 0.3) is 0 Å². The molecular formula is C16H16N2O. The average molecular weight is 252 g/mol. The predicted octanol–water partition coefficient (Wildman–Crippen LogP) is 4.26. The molecule has 0 aliphatic rings. The van der Waals surface area contributed by atoms with Crippen LogP contribution < -0.4 is 4.74 Å². The van der Waals surface area contributed by atoms with Gasteiger partial charge in [-0.25, -0.2) is 0 Å². The van der Waals surface area contributed by atoms with Crippen LogP contribution in [-0.4, -0.2) is 4.98 Å². The van der Waals surface area contributed by atoms with Crippen LogP contribution in [0.3, 0.4) is 0 Å². The van der Waals surface area contributed by atoms with Gasteiger partial charge in [0.1, 0.15) is 11.8 Å². The van der Waals surface area contributed by atoms with E-state index in [1.165, 1.54) is 0 Å². The van der Waals surface area contributed by atoms with Crippen molar-refractivity contribution in [2.75, 3.05) is 0 Å². The molecule has 0 aliphatic carbocycles. The van der Waals surface area contributed by atoms with Gasteiger partial charge in [0.15, 0.2) is 5.75 Å². The van der Waals surface area contributed by atoms with Crippen LogP contribution in [0.1, 0.15) is 37.3 Å². The minimum atomic E-state index is 0.415. The molecule has 0 fully saturated rings. The highest BCUT2D eigenvalue weighted by Crippen LogP contribution is 2.32. The summed E-state index contributed by atoms with van der Waals surface area (Å²) in [5.41, 5.74) is 1.65. The molecular weight excluding hydrogens is 236 g/mol. The first-order valence-electron chi connectivity index (χ1n) is 6.37. The minimum Gasteiger partial charge on any atom is -0.454 e. The largest absolute Gasteiger partial charge is 0.454 e. The van der Waals surface area contributed by atoms with Gasteiger partial charge < -0.3 is 4.74 Å². The van der Waals surface area contributed by atoms with E-state index >= 15 is 0 Å². The number of rotatable bonds is 4. The van der Waals surface area contributed by atoms with E-state index in [-0.39, 0.29) is 0 Å². The number of hydrogen-bond acceptors (Lipinski definition) is 3. The van der Waals surface area contributed by atoms with E-state index in [4.69, 9.17) is 10.00 Å². The molecule has 96 valence electrons. The van der Waals surface area contributed by atoms with E-state index in [9.17, 15) is 0 Å². The van der Waals surface area contributed by atoms with Gasteiger partial charge in [-0.2, -0.15) is 5.26 Å². The summed E-state index contributed by atoms with van der Waals surface area (Å²) in [7, 11) is 0. The maximum Gasteiger partial charge on any atom is 0.163 e. The molecule has 1 aromatic heterocycles. The standard InChI is InChI=1S/C16H16N2O/c1-3-12(2)14-6-4-5-7-15(14)19-16-11-18-9-8-13(16)10-17/h4-9,11-12H,3H2,1-2H3. The average Bonchev–Trinajstić information content (AvgIpc) is 2.47.